The highest BCUT2D eigenvalue weighted by atomic mass is 16.5. The average Bonchev–Trinajstić information content (AvgIpc) is 3.32. The van der Waals surface area contributed by atoms with E-state index < -0.39 is 5.97 Å². The van der Waals surface area contributed by atoms with Crippen LogP contribution in [0.2, 0.25) is 0 Å². The highest BCUT2D eigenvalue weighted by Crippen LogP contribution is 2.33. The van der Waals surface area contributed by atoms with Crippen molar-refractivity contribution in [1.82, 2.24) is 19.9 Å². The summed E-state index contributed by atoms with van der Waals surface area (Å²) in [6.07, 6.45) is 1.86. The number of aromatic amines is 1. The van der Waals surface area contributed by atoms with E-state index in [9.17, 15) is 4.79 Å². The number of hydrogen-bond acceptors (Lipinski definition) is 8. The molecule has 2 heterocycles. The van der Waals surface area contributed by atoms with Crippen LogP contribution in [0.1, 0.15) is 51.0 Å². The van der Waals surface area contributed by atoms with Gasteiger partial charge >= 0.3 is 5.97 Å². The number of carbonyl (C=O) groups excluding carboxylic acids is 1. The van der Waals surface area contributed by atoms with Gasteiger partial charge in [-0.15, -0.1) is 0 Å². The molecule has 0 aliphatic rings. The maximum Gasteiger partial charge on any atom is 0.361 e. The van der Waals surface area contributed by atoms with Crippen LogP contribution in [0.25, 0.3) is 22.4 Å². The molecular weight excluding hydrogens is 468 g/mol. The third-order valence-electron chi connectivity index (χ3n) is 5.69. The smallest absolute Gasteiger partial charge is 0.361 e. The summed E-state index contributed by atoms with van der Waals surface area (Å²) < 4.78 is 11.2. The number of H-pyrrole nitrogens is 1. The Kier molecular flexibility index (Phi) is 8.56. The van der Waals surface area contributed by atoms with Gasteiger partial charge in [-0.2, -0.15) is 0 Å². The van der Waals surface area contributed by atoms with Crippen molar-refractivity contribution in [2.24, 2.45) is 0 Å². The first-order valence-electron chi connectivity index (χ1n) is 12.9. The zero-order valence-corrected chi connectivity index (χ0v) is 21.9. The van der Waals surface area contributed by atoms with Crippen molar-refractivity contribution >= 4 is 34.5 Å². The van der Waals surface area contributed by atoms with Crippen molar-refractivity contribution in [3.05, 3.63) is 54.2 Å². The SMILES string of the molecule is CCCN(CCC)c1nc(-c2ccc(Nc3nc4ccccc4[nH]3)cc2)nc(C(=O)OCC)c1OCC. The molecular formula is C28H34N6O3. The van der Waals surface area contributed by atoms with Crippen LogP contribution in [0.4, 0.5) is 17.5 Å². The van der Waals surface area contributed by atoms with Crippen LogP contribution in [0.5, 0.6) is 5.75 Å². The van der Waals surface area contributed by atoms with Crippen molar-refractivity contribution in [3.8, 4) is 17.1 Å². The van der Waals surface area contributed by atoms with Crippen LogP contribution in [0.3, 0.4) is 0 Å². The van der Waals surface area contributed by atoms with Crippen LogP contribution in [-0.2, 0) is 4.74 Å². The van der Waals surface area contributed by atoms with Gasteiger partial charge < -0.3 is 24.7 Å². The summed E-state index contributed by atoms with van der Waals surface area (Å²) in [5.74, 6) is 1.56. The average molecular weight is 503 g/mol. The number of anilines is 3. The number of nitrogens with one attached hydrogen (secondary N) is 2. The van der Waals surface area contributed by atoms with Gasteiger partial charge in [-0.3, -0.25) is 0 Å². The quantitative estimate of drug-likeness (QED) is 0.228. The molecule has 0 atom stereocenters. The lowest BCUT2D eigenvalue weighted by Gasteiger charge is -2.26. The topological polar surface area (TPSA) is 105 Å². The molecule has 9 nitrogen and oxygen atoms in total. The molecule has 194 valence electrons. The molecule has 0 saturated carbocycles. The number of hydrogen-bond donors (Lipinski definition) is 2. The number of imidazole rings is 1. The molecule has 0 bridgehead atoms. The van der Waals surface area contributed by atoms with Crippen molar-refractivity contribution in [2.45, 2.75) is 40.5 Å². The van der Waals surface area contributed by atoms with Gasteiger partial charge in [0.1, 0.15) is 0 Å². The van der Waals surface area contributed by atoms with E-state index >= 15 is 0 Å². The summed E-state index contributed by atoms with van der Waals surface area (Å²) >= 11 is 0. The van der Waals surface area contributed by atoms with E-state index in [0.29, 0.717) is 29.9 Å². The molecule has 9 heteroatoms. The maximum absolute atomic E-state index is 12.9. The Labute approximate surface area is 217 Å². The summed E-state index contributed by atoms with van der Waals surface area (Å²) in [4.78, 5) is 32.4. The Morgan fingerprint density at radius 3 is 2.30 bits per heavy atom. The van der Waals surface area contributed by atoms with Crippen LogP contribution < -0.4 is 15.0 Å². The molecule has 2 N–H and O–H groups in total. The number of benzene rings is 2. The lowest BCUT2D eigenvalue weighted by Crippen LogP contribution is -2.28. The van der Waals surface area contributed by atoms with Gasteiger partial charge in [0.2, 0.25) is 5.95 Å². The second-order valence-electron chi connectivity index (χ2n) is 8.49. The minimum Gasteiger partial charge on any atom is -0.488 e. The van der Waals surface area contributed by atoms with E-state index in [0.717, 1.165) is 48.2 Å². The molecule has 4 rings (SSSR count). The van der Waals surface area contributed by atoms with Gasteiger partial charge in [0.15, 0.2) is 23.1 Å². The van der Waals surface area contributed by atoms with Crippen LogP contribution in [0.15, 0.2) is 48.5 Å². The van der Waals surface area contributed by atoms with Crippen molar-refractivity contribution in [2.75, 3.05) is 36.5 Å². The Bertz CT molecular complexity index is 1300. The number of carbonyl (C=O) groups is 1. The Morgan fingerprint density at radius 1 is 0.919 bits per heavy atom. The van der Waals surface area contributed by atoms with Gasteiger partial charge in [0, 0.05) is 24.3 Å². The largest absolute Gasteiger partial charge is 0.488 e. The zero-order chi connectivity index (χ0) is 26.2. The normalized spacial score (nSPS) is 10.9. The number of fused-ring (bicyclic) bond motifs is 1. The highest BCUT2D eigenvalue weighted by Gasteiger charge is 2.26. The van der Waals surface area contributed by atoms with Crippen molar-refractivity contribution in [1.29, 1.82) is 0 Å². The number of ether oxygens (including phenoxy) is 2. The van der Waals surface area contributed by atoms with E-state index in [1.807, 2.05) is 55.5 Å². The molecule has 37 heavy (non-hydrogen) atoms. The first-order valence-corrected chi connectivity index (χ1v) is 12.9. The number of rotatable bonds is 12. The van der Waals surface area contributed by atoms with Gasteiger partial charge in [-0.05, 0) is 63.1 Å². The predicted octanol–water partition coefficient (Wildman–Crippen LogP) is 5.97. The zero-order valence-electron chi connectivity index (χ0n) is 21.9. The molecule has 2 aromatic heterocycles. The fourth-order valence-electron chi connectivity index (χ4n) is 4.11. The fraction of sp³-hybridized carbons (Fsp3) is 0.357. The molecule has 0 aliphatic heterocycles. The molecule has 0 unspecified atom stereocenters. The molecule has 2 aromatic carbocycles. The Hall–Kier alpha value is -4.14. The lowest BCUT2D eigenvalue weighted by molar-refractivity contribution is 0.0514. The molecule has 0 fully saturated rings. The van der Waals surface area contributed by atoms with Crippen molar-refractivity contribution in [3.63, 3.8) is 0 Å². The van der Waals surface area contributed by atoms with E-state index in [2.05, 4.69) is 39.0 Å². The molecule has 0 saturated heterocycles. The minimum atomic E-state index is -0.521. The number of aromatic nitrogens is 4. The van der Waals surface area contributed by atoms with E-state index in [1.54, 1.807) is 6.92 Å². The van der Waals surface area contributed by atoms with E-state index in [4.69, 9.17) is 14.5 Å². The Balaban J connectivity index is 1.71. The second-order valence-corrected chi connectivity index (χ2v) is 8.49. The molecule has 0 radical (unpaired) electrons. The first kappa shape index (κ1) is 25.9. The van der Waals surface area contributed by atoms with Crippen molar-refractivity contribution < 1.29 is 14.3 Å². The standard InChI is InChI=1S/C28H34N6O3/c1-5-17-34(18-6-2)26-24(36-7-3)23(27(35)37-8-4)32-25(33-26)19-13-15-20(16-14-19)29-28-30-21-11-9-10-12-22(21)31-28/h9-16H,5-8,17-18H2,1-4H3,(H2,29,30,31). The summed E-state index contributed by atoms with van der Waals surface area (Å²) in [5.41, 5.74) is 3.64. The first-order chi connectivity index (χ1) is 18.1. The molecule has 4 aromatic rings. The van der Waals surface area contributed by atoms with E-state index in [-0.39, 0.29) is 12.3 Å². The minimum absolute atomic E-state index is 0.144. The second kappa shape index (κ2) is 12.2. The summed E-state index contributed by atoms with van der Waals surface area (Å²) in [6.45, 7) is 10.1. The molecule has 0 aliphatic carbocycles. The third-order valence-corrected chi connectivity index (χ3v) is 5.69. The predicted molar refractivity (Wildman–Crippen MR) is 147 cm³/mol. The Morgan fingerprint density at radius 2 is 1.65 bits per heavy atom. The third kappa shape index (κ3) is 5.99. The highest BCUT2D eigenvalue weighted by molar-refractivity contribution is 5.93. The molecule has 0 spiro atoms. The monoisotopic (exact) mass is 502 g/mol. The van der Waals surface area contributed by atoms with Crippen LogP contribution >= 0.6 is 0 Å². The summed E-state index contributed by atoms with van der Waals surface area (Å²) in [5, 5.41) is 3.30. The van der Waals surface area contributed by atoms with Crippen LogP contribution in [-0.4, -0.2) is 52.2 Å². The summed E-state index contributed by atoms with van der Waals surface area (Å²) in [7, 11) is 0. The van der Waals surface area contributed by atoms with Gasteiger partial charge in [-0.25, -0.2) is 19.7 Å². The number of nitrogens with zero attached hydrogens (tertiary/aromatic N) is 4. The maximum atomic E-state index is 12.9. The van der Waals surface area contributed by atoms with E-state index in [1.165, 1.54) is 0 Å². The van der Waals surface area contributed by atoms with Gasteiger partial charge in [0.25, 0.3) is 0 Å². The number of esters is 1. The lowest BCUT2D eigenvalue weighted by atomic mass is 10.1. The van der Waals surface area contributed by atoms with Gasteiger partial charge in [-0.1, -0.05) is 26.0 Å². The van der Waals surface area contributed by atoms with Gasteiger partial charge in [0.05, 0.1) is 24.2 Å². The summed E-state index contributed by atoms with van der Waals surface area (Å²) in [6, 6.07) is 15.6. The molecule has 0 amide bonds. The number of para-hydroxylation sites is 2. The fourth-order valence-corrected chi connectivity index (χ4v) is 4.11. The van der Waals surface area contributed by atoms with Crippen LogP contribution in [0, 0.1) is 0 Å².